The van der Waals surface area contributed by atoms with E-state index in [-0.39, 0.29) is 12.0 Å². The first-order valence-electron chi connectivity index (χ1n) is 8.15. The molecular weight excluding hydrogens is 332 g/mol. The molecule has 25 heavy (non-hydrogen) atoms. The van der Waals surface area contributed by atoms with Crippen molar-refractivity contribution < 1.29 is 9.53 Å². The first-order chi connectivity index (χ1) is 11.8. The number of benzene rings is 2. The largest absolute Gasteiger partial charge is 0.465 e. The molecule has 2 rings (SSSR count). The summed E-state index contributed by atoms with van der Waals surface area (Å²) in [6, 6.07) is 11.8. The Morgan fingerprint density at radius 2 is 1.76 bits per heavy atom. The van der Waals surface area contributed by atoms with Gasteiger partial charge in [0, 0.05) is 5.69 Å². The van der Waals surface area contributed by atoms with Gasteiger partial charge in [0.2, 0.25) is 0 Å². The van der Waals surface area contributed by atoms with Gasteiger partial charge < -0.3 is 15.4 Å². The molecule has 5 heteroatoms. The zero-order valence-electron chi connectivity index (χ0n) is 15.3. The highest BCUT2D eigenvalue weighted by molar-refractivity contribution is 7.80. The van der Waals surface area contributed by atoms with Crippen LogP contribution < -0.4 is 10.6 Å². The molecule has 0 aromatic heterocycles. The van der Waals surface area contributed by atoms with Crippen LogP contribution in [0, 0.1) is 20.8 Å². The van der Waals surface area contributed by atoms with E-state index in [2.05, 4.69) is 49.6 Å². The fraction of sp³-hybridized carbons (Fsp3) is 0.300. The number of ether oxygens (including phenoxy) is 1. The monoisotopic (exact) mass is 356 g/mol. The van der Waals surface area contributed by atoms with E-state index in [0.29, 0.717) is 10.7 Å². The van der Waals surface area contributed by atoms with E-state index >= 15 is 0 Å². The van der Waals surface area contributed by atoms with E-state index < -0.39 is 0 Å². The van der Waals surface area contributed by atoms with Crippen LogP contribution in [0.15, 0.2) is 36.4 Å². The molecule has 0 fully saturated rings. The third-order valence-corrected chi connectivity index (χ3v) is 4.38. The lowest BCUT2D eigenvalue weighted by molar-refractivity contribution is 0.0601. The minimum atomic E-state index is -0.370. The molecule has 0 saturated carbocycles. The predicted octanol–water partition coefficient (Wildman–Crippen LogP) is 4.45. The maximum absolute atomic E-state index is 11.7. The van der Waals surface area contributed by atoms with Crippen LogP contribution in [0.4, 0.5) is 5.69 Å². The Kier molecular flexibility index (Phi) is 6.15. The topological polar surface area (TPSA) is 50.4 Å². The molecule has 0 aliphatic carbocycles. The fourth-order valence-corrected chi connectivity index (χ4v) is 2.95. The summed E-state index contributed by atoms with van der Waals surface area (Å²) in [7, 11) is 1.37. The molecule has 2 aromatic carbocycles. The standard InChI is InChI=1S/C20H24N2O2S/c1-12-6-7-13(2)17(10-12)15(4)21-20(25)22-18-11-16(19(23)24-5)9-8-14(18)3/h6-11,15H,1-5H3,(H2,21,22,25)/t15-/m1/s1. The van der Waals surface area contributed by atoms with E-state index in [1.54, 1.807) is 12.1 Å². The molecule has 0 saturated heterocycles. The molecule has 0 bridgehead atoms. The van der Waals surface area contributed by atoms with Gasteiger partial charge >= 0.3 is 5.97 Å². The Morgan fingerprint density at radius 1 is 1.08 bits per heavy atom. The molecule has 0 aliphatic heterocycles. The molecule has 132 valence electrons. The van der Waals surface area contributed by atoms with Gasteiger partial charge in [0.15, 0.2) is 5.11 Å². The van der Waals surface area contributed by atoms with Gasteiger partial charge in [-0.2, -0.15) is 0 Å². The Hall–Kier alpha value is -2.40. The lowest BCUT2D eigenvalue weighted by Gasteiger charge is -2.20. The van der Waals surface area contributed by atoms with E-state index in [1.807, 2.05) is 13.0 Å². The van der Waals surface area contributed by atoms with E-state index in [0.717, 1.165) is 11.3 Å². The van der Waals surface area contributed by atoms with Gasteiger partial charge in [-0.3, -0.25) is 0 Å². The highest BCUT2D eigenvalue weighted by atomic mass is 32.1. The summed E-state index contributed by atoms with van der Waals surface area (Å²) in [5.74, 6) is -0.370. The average Bonchev–Trinajstić information content (AvgIpc) is 2.58. The highest BCUT2D eigenvalue weighted by Gasteiger charge is 2.12. The van der Waals surface area contributed by atoms with E-state index in [4.69, 9.17) is 17.0 Å². The lowest BCUT2D eigenvalue weighted by atomic mass is 10.0. The highest BCUT2D eigenvalue weighted by Crippen LogP contribution is 2.20. The SMILES string of the molecule is COC(=O)c1ccc(C)c(NC(=S)N[C@H](C)c2cc(C)ccc2C)c1. The second kappa shape index (κ2) is 8.12. The van der Waals surface area contributed by atoms with Crippen LogP contribution in [-0.4, -0.2) is 18.2 Å². The van der Waals surface area contributed by atoms with Crippen molar-refractivity contribution in [2.45, 2.75) is 33.7 Å². The summed E-state index contributed by atoms with van der Waals surface area (Å²) < 4.78 is 4.77. The van der Waals surface area contributed by atoms with Crippen molar-refractivity contribution in [2.75, 3.05) is 12.4 Å². The minimum Gasteiger partial charge on any atom is -0.465 e. The van der Waals surface area contributed by atoms with Crippen LogP contribution in [0.5, 0.6) is 0 Å². The van der Waals surface area contributed by atoms with E-state index in [1.165, 1.54) is 23.8 Å². The van der Waals surface area contributed by atoms with Crippen LogP contribution >= 0.6 is 12.2 Å². The molecule has 4 nitrogen and oxygen atoms in total. The second-order valence-corrected chi connectivity index (χ2v) is 6.61. The van der Waals surface area contributed by atoms with Crippen molar-refractivity contribution in [1.29, 1.82) is 0 Å². The molecule has 2 N–H and O–H groups in total. The molecule has 0 unspecified atom stereocenters. The number of methoxy groups -OCH3 is 1. The predicted molar refractivity (Wildman–Crippen MR) is 106 cm³/mol. The Labute approximate surface area is 154 Å². The molecule has 0 heterocycles. The number of hydrogen-bond donors (Lipinski definition) is 2. The molecule has 2 aromatic rings. The van der Waals surface area contributed by atoms with Crippen LogP contribution in [0.3, 0.4) is 0 Å². The van der Waals surface area contributed by atoms with Crippen LogP contribution in [-0.2, 0) is 4.74 Å². The van der Waals surface area contributed by atoms with Crippen molar-refractivity contribution in [3.8, 4) is 0 Å². The van der Waals surface area contributed by atoms with Gasteiger partial charge in [0.25, 0.3) is 0 Å². The third kappa shape index (κ3) is 4.79. The van der Waals surface area contributed by atoms with Crippen LogP contribution in [0.2, 0.25) is 0 Å². The zero-order valence-corrected chi connectivity index (χ0v) is 16.1. The van der Waals surface area contributed by atoms with Gasteiger partial charge in [0.1, 0.15) is 0 Å². The average molecular weight is 356 g/mol. The number of anilines is 1. The van der Waals surface area contributed by atoms with Crippen molar-refractivity contribution in [3.63, 3.8) is 0 Å². The molecule has 0 radical (unpaired) electrons. The third-order valence-electron chi connectivity index (χ3n) is 4.16. The summed E-state index contributed by atoms with van der Waals surface area (Å²) in [6.45, 7) is 8.20. The second-order valence-electron chi connectivity index (χ2n) is 6.20. The number of esters is 1. The Bertz CT molecular complexity index is 802. The quantitative estimate of drug-likeness (QED) is 0.626. The first kappa shape index (κ1) is 18.9. The zero-order chi connectivity index (χ0) is 18.6. The molecular formula is C20H24N2O2S. The van der Waals surface area contributed by atoms with Gasteiger partial charge in [-0.15, -0.1) is 0 Å². The number of rotatable bonds is 4. The first-order valence-corrected chi connectivity index (χ1v) is 8.56. The number of thiocarbonyl (C=S) groups is 1. The van der Waals surface area contributed by atoms with E-state index in [9.17, 15) is 4.79 Å². The number of hydrogen-bond acceptors (Lipinski definition) is 3. The fourth-order valence-electron chi connectivity index (χ4n) is 2.66. The molecule has 0 aliphatic rings. The molecule has 0 spiro atoms. The summed E-state index contributed by atoms with van der Waals surface area (Å²) in [4.78, 5) is 11.7. The normalized spacial score (nSPS) is 11.6. The number of aryl methyl sites for hydroxylation is 3. The van der Waals surface area contributed by atoms with Crippen LogP contribution in [0.25, 0.3) is 0 Å². The van der Waals surface area contributed by atoms with Gasteiger partial charge in [0.05, 0.1) is 18.7 Å². The van der Waals surface area contributed by atoms with Gasteiger partial charge in [-0.05, 0) is 68.7 Å². The summed E-state index contributed by atoms with van der Waals surface area (Å²) in [6.07, 6.45) is 0. The van der Waals surface area contributed by atoms with Crippen molar-refractivity contribution >= 4 is 29.0 Å². The molecule has 1 atom stereocenters. The minimum absolute atomic E-state index is 0.0731. The van der Waals surface area contributed by atoms with Crippen molar-refractivity contribution in [1.82, 2.24) is 5.32 Å². The summed E-state index contributed by atoms with van der Waals surface area (Å²) >= 11 is 5.45. The van der Waals surface area contributed by atoms with Gasteiger partial charge in [-0.25, -0.2) is 4.79 Å². The lowest BCUT2D eigenvalue weighted by Crippen LogP contribution is -2.31. The Morgan fingerprint density at radius 3 is 2.44 bits per heavy atom. The number of nitrogens with one attached hydrogen (secondary N) is 2. The van der Waals surface area contributed by atoms with Gasteiger partial charge in [-0.1, -0.05) is 29.8 Å². The van der Waals surface area contributed by atoms with Crippen LogP contribution in [0.1, 0.15) is 45.6 Å². The van der Waals surface area contributed by atoms with Crippen molar-refractivity contribution in [2.24, 2.45) is 0 Å². The smallest absolute Gasteiger partial charge is 0.337 e. The maximum atomic E-state index is 11.7. The Balaban J connectivity index is 2.12. The van der Waals surface area contributed by atoms with Crippen molar-refractivity contribution in [3.05, 3.63) is 64.2 Å². The maximum Gasteiger partial charge on any atom is 0.337 e. The number of carbonyl (C=O) groups excluding carboxylic acids is 1. The molecule has 0 amide bonds. The summed E-state index contributed by atoms with van der Waals surface area (Å²) in [5.41, 5.74) is 5.92. The number of carbonyl (C=O) groups is 1. The summed E-state index contributed by atoms with van der Waals surface area (Å²) in [5, 5.41) is 7.00.